The highest BCUT2D eigenvalue weighted by Gasteiger charge is 2.35. The van der Waals surface area contributed by atoms with E-state index in [0.717, 1.165) is 27.7 Å². The molecule has 1 atom stereocenters. The average molecular weight is 427 g/mol. The number of aromatic amines is 1. The summed E-state index contributed by atoms with van der Waals surface area (Å²) in [4.78, 5) is 18.2. The topological polar surface area (TPSA) is 45.3 Å². The van der Waals surface area contributed by atoms with E-state index in [1.54, 1.807) is 29.2 Å². The second-order valence-electron chi connectivity index (χ2n) is 6.95. The van der Waals surface area contributed by atoms with Gasteiger partial charge in [-0.15, -0.1) is 0 Å². The largest absolute Gasteiger partial charge is 0.416 e. The number of benzene rings is 2. The second-order valence-corrected chi connectivity index (χ2v) is 7.82. The van der Waals surface area contributed by atoms with E-state index in [0.29, 0.717) is 28.8 Å². The van der Waals surface area contributed by atoms with Gasteiger partial charge in [-0.1, -0.05) is 41.9 Å². The number of amides is 1. The lowest BCUT2D eigenvalue weighted by atomic mass is 9.93. The number of halogens is 2. The number of carbonyl (C=O) groups excluding carboxylic acids is 1. The van der Waals surface area contributed by atoms with E-state index in [4.69, 9.17) is 27.9 Å². The van der Waals surface area contributed by atoms with Gasteiger partial charge in [0, 0.05) is 33.2 Å². The van der Waals surface area contributed by atoms with Crippen molar-refractivity contribution < 1.29 is 9.53 Å². The lowest BCUT2D eigenvalue weighted by Gasteiger charge is -2.35. The number of hydrogen-bond acceptors (Lipinski definition) is 2. The molecule has 1 amide bonds. The maximum Gasteiger partial charge on any atom is 0.416 e. The van der Waals surface area contributed by atoms with Crippen molar-refractivity contribution in [2.45, 2.75) is 19.4 Å². The fourth-order valence-corrected chi connectivity index (χ4v) is 4.11. The molecule has 1 N–H and O–H groups in total. The number of allylic oxidation sites excluding steroid dienone is 1. The van der Waals surface area contributed by atoms with Crippen LogP contribution in [0.15, 0.2) is 66.8 Å². The van der Waals surface area contributed by atoms with Gasteiger partial charge in [-0.3, -0.25) is 4.90 Å². The van der Waals surface area contributed by atoms with Gasteiger partial charge >= 0.3 is 6.09 Å². The molecule has 2 heterocycles. The fourth-order valence-electron chi connectivity index (χ4n) is 3.81. The number of carbonyl (C=O) groups is 1. The minimum absolute atomic E-state index is 0.346. The molecule has 0 spiro atoms. The molecule has 1 aliphatic rings. The second kappa shape index (κ2) is 7.97. The molecule has 0 saturated heterocycles. The maximum absolute atomic E-state index is 13.0. The Morgan fingerprint density at radius 1 is 1.21 bits per heavy atom. The lowest BCUT2D eigenvalue weighted by Crippen LogP contribution is -2.42. The fraction of sp³-hybridized carbons (Fsp3) is 0.174. The van der Waals surface area contributed by atoms with E-state index in [2.05, 4.69) is 11.6 Å². The number of fused-ring (bicyclic) bond motifs is 3. The Hall–Kier alpha value is -2.69. The molecule has 1 aromatic heterocycles. The maximum atomic E-state index is 13.0. The van der Waals surface area contributed by atoms with Gasteiger partial charge in [0.25, 0.3) is 0 Å². The zero-order valence-electron chi connectivity index (χ0n) is 15.9. The van der Waals surface area contributed by atoms with Crippen molar-refractivity contribution in [3.05, 3.63) is 88.1 Å². The summed E-state index contributed by atoms with van der Waals surface area (Å²) in [5.41, 5.74) is 3.91. The molecule has 0 saturated carbocycles. The van der Waals surface area contributed by atoms with Crippen molar-refractivity contribution in [1.82, 2.24) is 9.88 Å². The minimum Gasteiger partial charge on any atom is -0.410 e. The predicted molar refractivity (Wildman–Crippen MR) is 118 cm³/mol. The summed E-state index contributed by atoms with van der Waals surface area (Å²) in [6.45, 7) is 6.65. The van der Waals surface area contributed by atoms with Crippen molar-refractivity contribution in [3.63, 3.8) is 0 Å². The number of nitrogens with one attached hydrogen (secondary N) is 1. The Balaban J connectivity index is 1.72. The lowest BCUT2D eigenvalue weighted by molar-refractivity contribution is 0.135. The number of rotatable bonds is 3. The van der Waals surface area contributed by atoms with E-state index in [1.165, 1.54) is 0 Å². The molecule has 1 aliphatic heterocycles. The molecular weight excluding hydrogens is 407 g/mol. The Morgan fingerprint density at radius 3 is 2.66 bits per heavy atom. The highest BCUT2D eigenvalue weighted by Crippen LogP contribution is 2.39. The molecule has 4 nitrogen and oxygen atoms in total. The zero-order chi connectivity index (χ0) is 20.5. The Labute approximate surface area is 179 Å². The molecule has 0 aliphatic carbocycles. The number of nitrogens with zero attached hydrogens (tertiary/aromatic N) is 1. The molecule has 148 valence electrons. The Kier molecular flexibility index (Phi) is 5.39. The van der Waals surface area contributed by atoms with Crippen LogP contribution in [0.4, 0.5) is 4.79 Å². The molecule has 29 heavy (non-hydrogen) atoms. The van der Waals surface area contributed by atoms with Gasteiger partial charge in [-0.2, -0.15) is 0 Å². The SMILES string of the molecule is C=C(/C=C\C)C1c2[nH]c3ccc(Cl)cc3c2CCN1C(=O)Oc1ccc(Cl)cc1. The summed E-state index contributed by atoms with van der Waals surface area (Å²) in [6, 6.07) is 12.2. The third kappa shape index (κ3) is 3.78. The van der Waals surface area contributed by atoms with E-state index < -0.39 is 6.09 Å². The molecule has 4 rings (SSSR count). The van der Waals surface area contributed by atoms with Gasteiger partial charge in [0.2, 0.25) is 0 Å². The van der Waals surface area contributed by atoms with Gasteiger partial charge in [0.1, 0.15) is 11.8 Å². The van der Waals surface area contributed by atoms with Crippen LogP contribution >= 0.6 is 23.2 Å². The summed E-state index contributed by atoms with van der Waals surface area (Å²) in [7, 11) is 0. The smallest absolute Gasteiger partial charge is 0.410 e. The van der Waals surface area contributed by atoms with Crippen LogP contribution in [-0.2, 0) is 6.42 Å². The first-order chi connectivity index (χ1) is 14.0. The van der Waals surface area contributed by atoms with Gasteiger partial charge < -0.3 is 9.72 Å². The average Bonchev–Trinajstić information content (AvgIpc) is 3.07. The van der Waals surface area contributed by atoms with E-state index in [-0.39, 0.29) is 6.04 Å². The quantitative estimate of drug-likeness (QED) is 0.473. The standard InChI is InChI=1S/C23H20Cl2N2O2/c1-3-4-14(2)22-21-18(19-13-16(25)7-10-20(19)26-21)11-12-27(22)23(28)29-17-8-5-15(24)6-9-17/h3-10,13,22,26H,2,11-12H2,1H3/b4-3-. The van der Waals surface area contributed by atoms with Crippen LogP contribution in [0.2, 0.25) is 10.0 Å². The van der Waals surface area contributed by atoms with Gasteiger partial charge in [0.05, 0.1) is 0 Å². The van der Waals surface area contributed by atoms with Gasteiger partial charge in [-0.05, 0) is 66.9 Å². The number of aromatic nitrogens is 1. The molecule has 0 bridgehead atoms. The third-order valence-electron chi connectivity index (χ3n) is 5.07. The normalized spacial score (nSPS) is 16.2. The van der Waals surface area contributed by atoms with Crippen LogP contribution < -0.4 is 4.74 Å². The van der Waals surface area contributed by atoms with Crippen molar-refractivity contribution in [3.8, 4) is 5.75 Å². The zero-order valence-corrected chi connectivity index (χ0v) is 17.4. The first-order valence-corrected chi connectivity index (χ1v) is 10.1. The van der Waals surface area contributed by atoms with Crippen molar-refractivity contribution in [2.75, 3.05) is 6.54 Å². The molecule has 0 radical (unpaired) electrons. The van der Waals surface area contributed by atoms with Crippen molar-refractivity contribution >= 4 is 40.2 Å². The summed E-state index contributed by atoms with van der Waals surface area (Å²) < 4.78 is 5.60. The number of hydrogen-bond donors (Lipinski definition) is 1. The molecule has 6 heteroatoms. The minimum atomic E-state index is -0.426. The highest BCUT2D eigenvalue weighted by molar-refractivity contribution is 6.31. The van der Waals surface area contributed by atoms with Crippen LogP contribution in [0, 0.1) is 0 Å². The summed E-state index contributed by atoms with van der Waals surface area (Å²) in [6.07, 6.45) is 4.11. The van der Waals surface area contributed by atoms with Crippen LogP contribution in [0.25, 0.3) is 10.9 Å². The van der Waals surface area contributed by atoms with E-state index in [9.17, 15) is 4.79 Å². The van der Waals surface area contributed by atoms with Crippen molar-refractivity contribution in [2.24, 2.45) is 0 Å². The molecular formula is C23H20Cl2N2O2. The Morgan fingerprint density at radius 2 is 1.93 bits per heavy atom. The van der Waals surface area contributed by atoms with Gasteiger partial charge in [0.15, 0.2) is 0 Å². The molecule has 3 aromatic rings. The van der Waals surface area contributed by atoms with Crippen molar-refractivity contribution in [1.29, 1.82) is 0 Å². The molecule has 1 unspecified atom stereocenters. The first kappa shape index (κ1) is 19.6. The summed E-state index contributed by atoms with van der Waals surface area (Å²) in [5.74, 6) is 0.448. The summed E-state index contributed by atoms with van der Waals surface area (Å²) >= 11 is 12.1. The predicted octanol–water partition coefficient (Wildman–Crippen LogP) is 6.71. The van der Waals surface area contributed by atoms with Crippen LogP contribution in [0.3, 0.4) is 0 Å². The number of ether oxygens (including phenoxy) is 1. The number of H-pyrrole nitrogens is 1. The van der Waals surface area contributed by atoms with E-state index in [1.807, 2.05) is 37.3 Å². The highest BCUT2D eigenvalue weighted by atomic mass is 35.5. The van der Waals surface area contributed by atoms with Crippen LogP contribution in [-0.4, -0.2) is 22.5 Å². The monoisotopic (exact) mass is 426 g/mol. The molecule has 0 fully saturated rings. The molecule has 2 aromatic carbocycles. The van der Waals surface area contributed by atoms with Gasteiger partial charge in [-0.25, -0.2) is 4.79 Å². The van der Waals surface area contributed by atoms with E-state index >= 15 is 0 Å². The first-order valence-electron chi connectivity index (χ1n) is 9.33. The third-order valence-corrected chi connectivity index (χ3v) is 5.56. The summed E-state index contributed by atoms with van der Waals surface area (Å²) in [5, 5.41) is 2.35. The Bertz CT molecular complexity index is 1120. The van der Waals surface area contributed by atoms with Crippen LogP contribution in [0.5, 0.6) is 5.75 Å². The van der Waals surface area contributed by atoms with Crippen LogP contribution in [0.1, 0.15) is 24.2 Å².